The number of ether oxygens (including phenoxy) is 1. The fraction of sp³-hybridized carbons (Fsp3) is 0.308. The zero-order valence-corrected chi connectivity index (χ0v) is 10.1. The lowest BCUT2D eigenvalue weighted by Crippen LogP contribution is -2.38. The summed E-state index contributed by atoms with van der Waals surface area (Å²) in [5.41, 5.74) is 0.493. The van der Waals surface area contributed by atoms with Gasteiger partial charge in [-0.15, -0.1) is 6.42 Å². The second-order valence-electron chi connectivity index (χ2n) is 3.76. The van der Waals surface area contributed by atoms with Crippen LogP contribution in [0, 0.1) is 12.3 Å². The Morgan fingerprint density at radius 1 is 1.53 bits per heavy atom. The molecule has 0 aliphatic rings. The summed E-state index contributed by atoms with van der Waals surface area (Å²) >= 11 is 0. The van der Waals surface area contributed by atoms with Crippen LogP contribution in [0.3, 0.4) is 0 Å². The van der Waals surface area contributed by atoms with Crippen molar-refractivity contribution in [3.8, 4) is 18.1 Å². The predicted molar refractivity (Wildman–Crippen MR) is 63.4 cm³/mol. The van der Waals surface area contributed by atoms with E-state index in [9.17, 15) is 18.0 Å². The van der Waals surface area contributed by atoms with E-state index in [4.69, 9.17) is 11.2 Å². The van der Waals surface area contributed by atoms with Crippen LogP contribution in [-0.2, 0) is 4.79 Å². The highest BCUT2D eigenvalue weighted by atomic mass is 19.4. The first-order valence-electron chi connectivity index (χ1n) is 5.38. The Labute approximate surface area is 108 Å². The monoisotopic (exact) mass is 271 g/mol. The number of benzene rings is 1. The van der Waals surface area contributed by atoms with E-state index in [0.29, 0.717) is 11.3 Å². The Hall–Kier alpha value is -2.16. The number of rotatable bonds is 4. The van der Waals surface area contributed by atoms with Crippen LogP contribution in [0.15, 0.2) is 24.3 Å². The molecule has 6 heteroatoms. The maximum Gasteiger partial charge on any atom is 0.471 e. The highest BCUT2D eigenvalue weighted by Crippen LogP contribution is 2.21. The molecule has 0 saturated carbocycles. The number of carbonyl (C=O) groups excluding carboxylic acids is 1. The molecule has 1 aromatic carbocycles. The first-order chi connectivity index (χ1) is 8.84. The molecule has 0 bridgehead atoms. The zero-order valence-electron chi connectivity index (χ0n) is 10.1. The molecule has 1 atom stereocenters. The number of alkyl halides is 3. The van der Waals surface area contributed by atoms with E-state index in [1.807, 2.05) is 5.32 Å². The average Bonchev–Trinajstić information content (AvgIpc) is 2.35. The number of carbonyl (C=O) groups is 1. The van der Waals surface area contributed by atoms with Crippen molar-refractivity contribution in [1.82, 2.24) is 5.32 Å². The van der Waals surface area contributed by atoms with Crippen molar-refractivity contribution < 1.29 is 22.7 Å². The van der Waals surface area contributed by atoms with Gasteiger partial charge in [0.2, 0.25) is 0 Å². The van der Waals surface area contributed by atoms with Crippen LogP contribution in [0.2, 0.25) is 0 Å². The molecule has 1 unspecified atom stereocenters. The van der Waals surface area contributed by atoms with E-state index in [1.54, 1.807) is 18.2 Å². The Bertz CT molecular complexity index is 491. The van der Waals surface area contributed by atoms with E-state index in [0.717, 1.165) is 0 Å². The van der Waals surface area contributed by atoms with Crippen molar-refractivity contribution in [3.05, 3.63) is 29.8 Å². The number of hydrogen-bond acceptors (Lipinski definition) is 2. The number of terminal acetylenes is 1. The molecule has 0 aliphatic carbocycles. The molecule has 19 heavy (non-hydrogen) atoms. The minimum absolute atomic E-state index is 0.0622. The summed E-state index contributed by atoms with van der Waals surface area (Å²) in [6, 6.07) is 5.56. The third-order valence-corrected chi connectivity index (χ3v) is 2.29. The van der Waals surface area contributed by atoms with Gasteiger partial charge in [0.1, 0.15) is 12.4 Å². The van der Waals surface area contributed by atoms with Crippen molar-refractivity contribution in [3.63, 3.8) is 0 Å². The van der Waals surface area contributed by atoms with Gasteiger partial charge in [0.15, 0.2) is 0 Å². The van der Waals surface area contributed by atoms with Gasteiger partial charge < -0.3 is 10.1 Å². The fourth-order valence-electron chi connectivity index (χ4n) is 1.36. The SMILES string of the molecule is C#CCOc1cccc(C(C)NC(=O)C(F)(F)F)c1. The van der Waals surface area contributed by atoms with Crippen LogP contribution < -0.4 is 10.1 Å². The summed E-state index contributed by atoms with van der Waals surface area (Å²) in [4.78, 5) is 10.8. The van der Waals surface area contributed by atoms with Gasteiger partial charge in [0.05, 0.1) is 6.04 Å². The molecule has 1 rings (SSSR count). The van der Waals surface area contributed by atoms with Gasteiger partial charge in [-0.25, -0.2) is 0 Å². The third-order valence-electron chi connectivity index (χ3n) is 2.29. The molecule has 0 fully saturated rings. The number of nitrogens with one attached hydrogen (secondary N) is 1. The zero-order chi connectivity index (χ0) is 14.5. The molecule has 0 heterocycles. The lowest BCUT2D eigenvalue weighted by atomic mass is 10.1. The second-order valence-corrected chi connectivity index (χ2v) is 3.76. The molecule has 0 aromatic heterocycles. The molecule has 0 radical (unpaired) electrons. The van der Waals surface area contributed by atoms with E-state index in [1.165, 1.54) is 13.0 Å². The summed E-state index contributed by atoms with van der Waals surface area (Å²) in [7, 11) is 0. The summed E-state index contributed by atoms with van der Waals surface area (Å²) in [6.45, 7) is 1.51. The number of halogens is 3. The quantitative estimate of drug-likeness (QED) is 0.854. The molecular weight excluding hydrogens is 259 g/mol. The van der Waals surface area contributed by atoms with Crippen LogP contribution in [0.5, 0.6) is 5.75 Å². The normalized spacial score (nSPS) is 12.4. The van der Waals surface area contributed by atoms with E-state index in [2.05, 4.69) is 5.92 Å². The Morgan fingerprint density at radius 2 is 2.21 bits per heavy atom. The molecule has 1 N–H and O–H groups in total. The molecule has 102 valence electrons. The summed E-state index contributed by atoms with van der Waals surface area (Å²) in [6.07, 6.45) is 0.134. The fourth-order valence-corrected chi connectivity index (χ4v) is 1.36. The number of hydrogen-bond donors (Lipinski definition) is 1. The van der Waals surface area contributed by atoms with Gasteiger partial charge in [-0.3, -0.25) is 4.79 Å². The Kier molecular flexibility index (Phi) is 4.81. The highest BCUT2D eigenvalue weighted by molar-refractivity contribution is 5.82. The lowest BCUT2D eigenvalue weighted by molar-refractivity contribution is -0.174. The van der Waals surface area contributed by atoms with Gasteiger partial charge >= 0.3 is 12.1 Å². The summed E-state index contributed by atoms with van der Waals surface area (Å²) in [5, 5.41) is 1.86. The minimum atomic E-state index is -4.90. The van der Waals surface area contributed by atoms with Crippen molar-refractivity contribution in [2.45, 2.75) is 19.1 Å². The van der Waals surface area contributed by atoms with Crippen molar-refractivity contribution in [2.75, 3.05) is 6.61 Å². The van der Waals surface area contributed by atoms with Crippen LogP contribution >= 0.6 is 0 Å². The Morgan fingerprint density at radius 3 is 2.79 bits per heavy atom. The first-order valence-corrected chi connectivity index (χ1v) is 5.38. The molecule has 0 aliphatic heterocycles. The van der Waals surface area contributed by atoms with E-state index in [-0.39, 0.29) is 6.61 Å². The second kappa shape index (κ2) is 6.14. The molecular formula is C13H12F3NO2. The lowest BCUT2D eigenvalue weighted by Gasteiger charge is -2.16. The molecule has 0 saturated heterocycles. The van der Waals surface area contributed by atoms with Crippen molar-refractivity contribution >= 4 is 5.91 Å². The molecule has 3 nitrogen and oxygen atoms in total. The molecule has 1 aromatic rings. The van der Waals surface area contributed by atoms with Crippen LogP contribution in [0.4, 0.5) is 13.2 Å². The average molecular weight is 271 g/mol. The topological polar surface area (TPSA) is 38.3 Å². The third kappa shape index (κ3) is 4.54. The van der Waals surface area contributed by atoms with Crippen LogP contribution in [-0.4, -0.2) is 18.7 Å². The predicted octanol–water partition coefficient (Wildman–Crippen LogP) is 2.44. The van der Waals surface area contributed by atoms with Crippen LogP contribution in [0.1, 0.15) is 18.5 Å². The maximum absolute atomic E-state index is 12.1. The van der Waals surface area contributed by atoms with Crippen LogP contribution in [0.25, 0.3) is 0 Å². The standard InChI is InChI=1S/C13H12F3NO2/c1-3-7-19-11-6-4-5-10(8-11)9(2)17-12(18)13(14,15)16/h1,4-6,8-9H,7H2,2H3,(H,17,18). The van der Waals surface area contributed by atoms with Crippen molar-refractivity contribution in [2.24, 2.45) is 0 Å². The molecule has 0 spiro atoms. The van der Waals surface area contributed by atoms with Gasteiger partial charge in [0.25, 0.3) is 0 Å². The maximum atomic E-state index is 12.1. The van der Waals surface area contributed by atoms with E-state index >= 15 is 0 Å². The smallest absolute Gasteiger partial charge is 0.471 e. The summed E-state index contributed by atoms with van der Waals surface area (Å²) in [5.74, 6) is 0.733. The highest BCUT2D eigenvalue weighted by Gasteiger charge is 2.39. The van der Waals surface area contributed by atoms with Crippen molar-refractivity contribution in [1.29, 1.82) is 0 Å². The van der Waals surface area contributed by atoms with Gasteiger partial charge in [-0.1, -0.05) is 18.1 Å². The van der Waals surface area contributed by atoms with E-state index < -0.39 is 18.1 Å². The van der Waals surface area contributed by atoms with Gasteiger partial charge in [-0.2, -0.15) is 13.2 Å². The minimum Gasteiger partial charge on any atom is -0.481 e. The largest absolute Gasteiger partial charge is 0.481 e. The van der Waals surface area contributed by atoms with Gasteiger partial charge in [-0.05, 0) is 24.6 Å². The first kappa shape index (κ1) is 14.9. The Balaban J connectivity index is 2.75. The van der Waals surface area contributed by atoms with Gasteiger partial charge in [0, 0.05) is 0 Å². The summed E-state index contributed by atoms with van der Waals surface area (Å²) < 4.78 is 41.5. The molecule has 1 amide bonds. The number of amides is 1.